The van der Waals surface area contributed by atoms with Crippen molar-refractivity contribution in [3.05, 3.63) is 137 Å². The van der Waals surface area contributed by atoms with Crippen LogP contribution >= 0.6 is 0 Å². The van der Waals surface area contributed by atoms with Gasteiger partial charge in [0, 0.05) is 17.2 Å². The highest BCUT2D eigenvalue weighted by atomic mass is 19.3. The van der Waals surface area contributed by atoms with Crippen LogP contribution in [-0.4, -0.2) is 0 Å². The molecule has 0 saturated carbocycles. The normalized spacial score (nSPS) is 11.5. The molecule has 0 bridgehead atoms. The summed E-state index contributed by atoms with van der Waals surface area (Å²) in [7, 11) is 0. The first kappa shape index (κ1) is 30.9. The third-order valence-corrected chi connectivity index (χ3v) is 7.34. The summed E-state index contributed by atoms with van der Waals surface area (Å²) < 4.78 is 106. The van der Waals surface area contributed by atoms with E-state index in [-0.39, 0.29) is 22.3 Å². The summed E-state index contributed by atoms with van der Waals surface area (Å²) in [6.45, 7) is 2.14. The zero-order chi connectivity index (χ0) is 31.4. The second-order valence-electron chi connectivity index (χ2n) is 10.4. The van der Waals surface area contributed by atoms with Gasteiger partial charge in [-0.3, -0.25) is 0 Å². The number of ether oxygens (including phenoxy) is 1. The van der Waals surface area contributed by atoms with Crippen molar-refractivity contribution in [3.63, 3.8) is 0 Å². The van der Waals surface area contributed by atoms with Gasteiger partial charge >= 0.3 is 6.11 Å². The van der Waals surface area contributed by atoms with E-state index in [9.17, 15) is 26.3 Å². The quantitative estimate of drug-likeness (QED) is 0.113. The van der Waals surface area contributed by atoms with Crippen LogP contribution in [0, 0.1) is 29.1 Å². The Morgan fingerprint density at radius 3 is 1.70 bits per heavy atom. The Morgan fingerprint density at radius 2 is 1.09 bits per heavy atom. The van der Waals surface area contributed by atoms with Gasteiger partial charge in [0.1, 0.15) is 23.2 Å². The van der Waals surface area contributed by atoms with Crippen molar-refractivity contribution in [3.8, 4) is 39.1 Å². The molecule has 5 aromatic rings. The van der Waals surface area contributed by atoms with Gasteiger partial charge in [-0.2, -0.15) is 8.78 Å². The molecular weight excluding hydrogens is 581 g/mol. The Morgan fingerprint density at radius 1 is 0.523 bits per heavy atom. The van der Waals surface area contributed by atoms with Gasteiger partial charge in [0.25, 0.3) is 0 Å². The minimum atomic E-state index is -4.22. The second kappa shape index (κ2) is 13.0. The first-order valence-electron chi connectivity index (χ1n) is 14.1. The van der Waals surface area contributed by atoms with Crippen LogP contribution in [0.15, 0.2) is 97.1 Å². The van der Waals surface area contributed by atoms with E-state index in [1.54, 1.807) is 6.07 Å². The summed E-state index contributed by atoms with van der Waals surface area (Å²) in [6.07, 6.45) is 0.132. The number of alkyl halides is 2. The van der Waals surface area contributed by atoms with E-state index in [0.717, 1.165) is 79.8 Å². The lowest BCUT2D eigenvalue weighted by Crippen LogP contribution is -2.23. The molecule has 0 aromatic heterocycles. The molecule has 0 unspecified atom stereocenters. The summed E-state index contributed by atoms with van der Waals surface area (Å²) in [5, 5.41) is 0. The van der Waals surface area contributed by atoms with E-state index >= 15 is 4.39 Å². The number of benzene rings is 5. The van der Waals surface area contributed by atoms with Gasteiger partial charge in [0.15, 0.2) is 11.6 Å². The molecule has 0 aliphatic carbocycles. The van der Waals surface area contributed by atoms with Crippen molar-refractivity contribution in [1.29, 1.82) is 0 Å². The fraction of sp³-hybridized carbons (Fsp3) is 0.167. The van der Waals surface area contributed by atoms with Gasteiger partial charge in [0.05, 0.1) is 5.56 Å². The SMILES string of the molecule is CCCCCc1ccc(-c2ccc(-c3ccc(C(F)(F)Oc4ccc(-c5ccc(F)c(F)c5)c(F)c4)c(F)c3)c(F)c2)cc1. The van der Waals surface area contributed by atoms with Crippen LogP contribution in [0.25, 0.3) is 33.4 Å². The Bertz CT molecular complexity index is 1780. The standard InChI is InChI=1S/C36H27F7O/c1-2-3-4-5-22-6-8-23(9-7-22)24-10-14-28(32(38)18-24)25-11-16-30(34(40)19-25)36(42,43)44-27-13-15-29(33(39)21-27)26-12-17-31(37)35(41)20-26/h6-21H,2-5H2,1H3. The molecule has 5 aromatic carbocycles. The first-order valence-corrected chi connectivity index (χ1v) is 14.1. The summed E-state index contributed by atoms with van der Waals surface area (Å²) in [5.41, 5.74) is 1.35. The number of halogens is 7. The van der Waals surface area contributed by atoms with Crippen LogP contribution in [0.4, 0.5) is 30.7 Å². The molecule has 226 valence electrons. The zero-order valence-corrected chi connectivity index (χ0v) is 23.6. The maximum absolute atomic E-state index is 15.1. The number of hydrogen-bond acceptors (Lipinski definition) is 1. The third kappa shape index (κ3) is 6.80. The topological polar surface area (TPSA) is 9.23 Å². The predicted molar refractivity (Wildman–Crippen MR) is 157 cm³/mol. The van der Waals surface area contributed by atoms with Crippen molar-refractivity contribution in [2.24, 2.45) is 0 Å². The van der Waals surface area contributed by atoms with Gasteiger partial charge in [-0.1, -0.05) is 68.3 Å². The van der Waals surface area contributed by atoms with E-state index in [4.69, 9.17) is 0 Å². The molecule has 0 aliphatic heterocycles. The lowest BCUT2D eigenvalue weighted by atomic mass is 9.97. The molecule has 44 heavy (non-hydrogen) atoms. The lowest BCUT2D eigenvalue weighted by molar-refractivity contribution is -0.187. The summed E-state index contributed by atoms with van der Waals surface area (Å²) in [6, 6.07) is 20.4. The number of aryl methyl sites for hydroxylation is 1. The van der Waals surface area contributed by atoms with Crippen LogP contribution in [-0.2, 0) is 12.5 Å². The monoisotopic (exact) mass is 608 g/mol. The highest BCUT2D eigenvalue weighted by Crippen LogP contribution is 2.37. The Kier molecular flexibility index (Phi) is 9.09. The average molecular weight is 609 g/mol. The first-order chi connectivity index (χ1) is 21.1. The second-order valence-corrected chi connectivity index (χ2v) is 10.4. The highest BCUT2D eigenvalue weighted by Gasteiger charge is 2.38. The summed E-state index contributed by atoms with van der Waals surface area (Å²) in [5.74, 6) is -6.00. The number of hydrogen-bond donors (Lipinski definition) is 0. The van der Waals surface area contributed by atoms with E-state index in [0.29, 0.717) is 11.6 Å². The molecule has 8 heteroatoms. The summed E-state index contributed by atoms with van der Waals surface area (Å²) in [4.78, 5) is 0. The molecule has 0 fully saturated rings. The van der Waals surface area contributed by atoms with Gasteiger partial charge in [-0.25, -0.2) is 22.0 Å². The lowest BCUT2D eigenvalue weighted by Gasteiger charge is -2.20. The third-order valence-electron chi connectivity index (χ3n) is 7.34. The van der Waals surface area contributed by atoms with Crippen molar-refractivity contribution in [2.75, 3.05) is 0 Å². The maximum Gasteiger partial charge on any atom is 0.429 e. The molecule has 0 atom stereocenters. The van der Waals surface area contributed by atoms with Gasteiger partial charge in [-0.05, 0) is 83.1 Å². The molecule has 0 heterocycles. The van der Waals surface area contributed by atoms with Crippen molar-refractivity contribution >= 4 is 0 Å². The molecule has 1 nitrogen and oxygen atoms in total. The number of rotatable bonds is 10. The van der Waals surface area contributed by atoms with E-state index in [1.807, 2.05) is 24.3 Å². The molecule has 0 saturated heterocycles. The molecule has 5 rings (SSSR count). The highest BCUT2D eigenvalue weighted by molar-refractivity contribution is 5.71. The summed E-state index contributed by atoms with van der Waals surface area (Å²) >= 11 is 0. The van der Waals surface area contributed by atoms with Gasteiger partial charge in [-0.15, -0.1) is 0 Å². The molecule has 0 radical (unpaired) electrons. The minimum absolute atomic E-state index is 0.0164. The largest absolute Gasteiger partial charge is 0.429 e. The average Bonchev–Trinajstić information content (AvgIpc) is 2.99. The van der Waals surface area contributed by atoms with Crippen molar-refractivity contribution in [1.82, 2.24) is 0 Å². The zero-order valence-electron chi connectivity index (χ0n) is 23.6. The molecule has 0 amide bonds. The van der Waals surface area contributed by atoms with Crippen molar-refractivity contribution in [2.45, 2.75) is 38.7 Å². The Labute approximate surface area is 250 Å². The van der Waals surface area contributed by atoms with Gasteiger partial charge < -0.3 is 4.74 Å². The predicted octanol–water partition coefficient (Wildman–Crippen LogP) is 11.2. The van der Waals surface area contributed by atoms with Crippen LogP contribution < -0.4 is 4.74 Å². The fourth-order valence-electron chi connectivity index (χ4n) is 4.95. The minimum Gasteiger partial charge on any atom is -0.429 e. The van der Waals surface area contributed by atoms with Crippen LogP contribution in [0.5, 0.6) is 5.75 Å². The number of unbranched alkanes of at least 4 members (excludes halogenated alkanes) is 2. The van der Waals surface area contributed by atoms with Gasteiger partial charge in [0.2, 0.25) is 0 Å². The van der Waals surface area contributed by atoms with Crippen LogP contribution in [0.1, 0.15) is 37.3 Å². The van der Waals surface area contributed by atoms with Crippen molar-refractivity contribution < 1.29 is 35.5 Å². The van der Waals surface area contributed by atoms with E-state index in [2.05, 4.69) is 11.7 Å². The van der Waals surface area contributed by atoms with Crippen LogP contribution in [0.3, 0.4) is 0 Å². The molecule has 0 aliphatic rings. The molecule has 0 spiro atoms. The maximum atomic E-state index is 15.1. The Balaban J connectivity index is 1.32. The van der Waals surface area contributed by atoms with E-state index in [1.165, 1.54) is 17.7 Å². The molecule has 0 N–H and O–H groups in total. The fourth-order valence-corrected chi connectivity index (χ4v) is 4.95. The molecular formula is C36H27F7O. The smallest absolute Gasteiger partial charge is 0.429 e. The Hall–Kier alpha value is -4.59. The van der Waals surface area contributed by atoms with E-state index < -0.39 is 46.5 Å². The van der Waals surface area contributed by atoms with Crippen LogP contribution in [0.2, 0.25) is 0 Å².